The highest BCUT2D eigenvalue weighted by Gasteiger charge is 2.29. The number of carbonyl (C=O) groups excluding carboxylic acids is 2. The highest BCUT2D eigenvalue weighted by molar-refractivity contribution is 5.87. The minimum Gasteiger partial charge on any atom is -0.480 e. The largest absolute Gasteiger partial charge is 0.480 e. The Labute approximate surface area is 170 Å². The molecule has 1 amide bonds. The zero-order valence-corrected chi connectivity index (χ0v) is 17.8. The first-order chi connectivity index (χ1) is 13.7. The van der Waals surface area contributed by atoms with Gasteiger partial charge in [0.15, 0.2) is 6.10 Å². The predicted molar refractivity (Wildman–Crippen MR) is 110 cm³/mol. The number of hydrogen-bond acceptors (Lipinski definition) is 6. The molecule has 0 aliphatic carbocycles. The van der Waals surface area contributed by atoms with Gasteiger partial charge in [0.2, 0.25) is 0 Å². The molecule has 1 N–H and O–H groups in total. The highest BCUT2D eigenvalue weighted by Crippen LogP contribution is 2.28. The third-order valence-corrected chi connectivity index (χ3v) is 5.15. The van der Waals surface area contributed by atoms with E-state index in [2.05, 4.69) is 5.32 Å². The Morgan fingerprint density at radius 2 is 1.86 bits per heavy atom. The second-order valence-corrected chi connectivity index (χ2v) is 7.21. The number of amides is 1. The SMILES string of the molecule is CCc1cc2c(C)cc(=O)oc2cc1OC(C)C(=O)NC(C(=O)OC)C(C)CC. The smallest absolute Gasteiger partial charge is 0.336 e. The van der Waals surface area contributed by atoms with Gasteiger partial charge < -0.3 is 19.2 Å². The fraction of sp³-hybridized carbons (Fsp3) is 0.500. The van der Waals surface area contributed by atoms with Crippen LogP contribution in [0.1, 0.15) is 45.2 Å². The molecular weight excluding hydrogens is 374 g/mol. The molecule has 0 spiro atoms. The van der Waals surface area contributed by atoms with Gasteiger partial charge >= 0.3 is 11.6 Å². The quantitative estimate of drug-likeness (QED) is 0.537. The van der Waals surface area contributed by atoms with Crippen LogP contribution in [0, 0.1) is 12.8 Å². The van der Waals surface area contributed by atoms with Gasteiger partial charge in [0.05, 0.1) is 7.11 Å². The number of fused-ring (bicyclic) bond motifs is 1. The van der Waals surface area contributed by atoms with Crippen LogP contribution in [0.4, 0.5) is 0 Å². The highest BCUT2D eigenvalue weighted by atomic mass is 16.5. The van der Waals surface area contributed by atoms with Crippen molar-refractivity contribution in [2.24, 2.45) is 5.92 Å². The van der Waals surface area contributed by atoms with Crippen molar-refractivity contribution in [1.29, 1.82) is 0 Å². The lowest BCUT2D eigenvalue weighted by Gasteiger charge is -2.24. The molecule has 0 aliphatic rings. The predicted octanol–water partition coefficient (Wildman–Crippen LogP) is 3.14. The van der Waals surface area contributed by atoms with Crippen LogP contribution in [-0.2, 0) is 20.7 Å². The Bertz CT molecular complexity index is 948. The van der Waals surface area contributed by atoms with Crippen LogP contribution in [0.5, 0.6) is 5.75 Å². The summed E-state index contributed by atoms with van der Waals surface area (Å²) in [6.07, 6.45) is 0.527. The van der Waals surface area contributed by atoms with Gasteiger partial charge in [-0.2, -0.15) is 0 Å². The van der Waals surface area contributed by atoms with E-state index in [1.54, 1.807) is 13.0 Å². The molecule has 0 saturated heterocycles. The van der Waals surface area contributed by atoms with Gasteiger partial charge in [-0.15, -0.1) is 0 Å². The number of carbonyl (C=O) groups is 2. The molecule has 1 heterocycles. The van der Waals surface area contributed by atoms with Gasteiger partial charge in [0, 0.05) is 17.5 Å². The van der Waals surface area contributed by atoms with Crippen molar-refractivity contribution in [3.8, 4) is 5.75 Å². The fourth-order valence-electron chi connectivity index (χ4n) is 3.09. The fourth-order valence-corrected chi connectivity index (χ4v) is 3.09. The van der Waals surface area contributed by atoms with E-state index in [9.17, 15) is 14.4 Å². The van der Waals surface area contributed by atoms with E-state index in [-0.39, 0.29) is 5.92 Å². The number of benzene rings is 1. The van der Waals surface area contributed by atoms with Gasteiger partial charge in [0.25, 0.3) is 5.91 Å². The van der Waals surface area contributed by atoms with Crippen LogP contribution in [-0.4, -0.2) is 31.1 Å². The Kier molecular flexibility index (Phi) is 7.42. The summed E-state index contributed by atoms with van der Waals surface area (Å²) in [6.45, 7) is 9.23. The summed E-state index contributed by atoms with van der Waals surface area (Å²) in [6, 6.07) is 4.25. The maximum absolute atomic E-state index is 12.7. The lowest BCUT2D eigenvalue weighted by atomic mass is 9.99. The van der Waals surface area contributed by atoms with E-state index in [1.807, 2.05) is 33.8 Å². The van der Waals surface area contributed by atoms with Crippen molar-refractivity contribution in [1.82, 2.24) is 5.32 Å². The first kappa shape index (κ1) is 22.5. The minimum absolute atomic E-state index is 0.0808. The molecule has 158 valence electrons. The molecule has 7 nitrogen and oxygen atoms in total. The monoisotopic (exact) mass is 403 g/mol. The first-order valence-electron chi connectivity index (χ1n) is 9.83. The Balaban J connectivity index is 2.27. The summed E-state index contributed by atoms with van der Waals surface area (Å²) in [4.78, 5) is 36.4. The molecule has 0 aliphatic heterocycles. The summed E-state index contributed by atoms with van der Waals surface area (Å²) in [5.74, 6) is -0.525. The Morgan fingerprint density at radius 1 is 1.17 bits per heavy atom. The molecular formula is C22H29NO6. The Morgan fingerprint density at radius 3 is 2.45 bits per heavy atom. The third kappa shape index (κ3) is 5.16. The second-order valence-electron chi connectivity index (χ2n) is 7.21. The Hall–Kier alpha value is -2.83. The molecule has 0 bridgehead atoms. The van der Waals surface area contributed by atoms with Gasteiger partial charge in [0.1, 0.15) is 17.4 Å². The standard InChI is InChI=1S/C22H29NO6/c1-7-12(3)20(22(26)27-6)23-21(25)14(5)28-17-11-18-16(10-15(17)8-2)13(4)9-19(24)29-18/h9-12,14,20H,7-8H2,1-6H3,(H,23,25). The van der Waals surface area contributed by atoms with Crippen LogP contribution < -0.4 is 15.7 Å². The molecule has 2 rings (SSSR count). The van der Waals surface area contributed by atoms with Crippen LogP contribution >= 0.6 is 0 Å². The van der Waals surface area contributed by atoms with Crippen LogP contribution in [0.3, 0.4) is 0 Å². The number of nitrogens with one attached hydrogen (secondary N) is 1. The maximum Gasteiger partial charge on any atom is 0.336 e. The number of rotatable bonds is 8. The number of hydrogen-bond donors (Lipinski definition) is 1. The normalized spacial score (nSPS) is 14.1. The van der Waals surface area contributed by atoms with Crippen LogP contribution in [0.25, 0.3) is 11.0 Å². The molecule has 2 aromatic rings. The average molecular weight is 403 g/mol. The number of ether oxygens (including phenoxy) is 2. The van der Waals surface area contributed by atoms with Crippen molar-refractivity contribution in [2.45, 2.75) is 59.6 Å². The minimum atomic E-state index is -0.856. The number of methoxy groups -OCH3 is 1. The van der Waals surface area contributed by atoms with Crippen molar-refractivity contribution >= 4 is 22.8 Å². The van der Waals surface area contributed by atoms with E-state index in [4.69, 9.17) is 13.9 Å². The number of aryl methyl sites for hydroxylation is 2. The van der Waals surface area contributed by atoms with Crippen LogP contribution in [0.2, 0.25) is 0 Å². The molecule has 0 saturated carbocycles. The summed E-state index contributed by atoms with van der Waals surface area (Å²) >= 11 is 0. The molecule has 0 fully saturated rings. The summed E-state index contributed by atoms with van der Waals surface area (Å²) in [5.41, 5.74) is 1.67. The lowest BCUT2D eigenvalue weighted by Crippen LogP contribution is -2.49. The molecule has 1 aromatic heterocycles. The average Bonchev–Trinajstić information content (AvgIpc) is 2.69. The lowest BCUT2D eigenvalue weighted by molar-refractivity contribution is -0.147. The van der Waals surface area contributed by atoms with E-state index in [0.29, 0.717) is 24.2 Å². The van der Waals surface area contributed by atoms with E-state index in [0.717, 1.165) is 16.5 Å². The molecule has 29 heavy (non-hydrogen) atoms. The van der Waals surface area contributed by atoms with E-state index < -0.39 is 29.6 Å². The van der Waals surface area contributed by atoms with Crippen molar-refractivity contribution in [3.63, 3.8) is 0 Å². The van der Waals surface area contributed by atoms with Crippen LogP contribution in [0.15, 0.2) is 27.4 Å². The van der Waals surface area contributed by atoms with E-state index >= 15 is 0 Å². The molecule has 1 aromatic carbocycles. The zero-order valence-electron chi connectivity index (χ0n) is 17.8. The topological polar surface area (TPSA) is 94.8 Å². The van der Waals surface area contributed by atoms with Gasteiger partial charge in [-0.25, -0.2) is 9.59 Å². The maximum atomic E-state index is 12.7. The molecule has 3 atom stereocenters. The third-order valence-electron chi connectivity index (χ3n) is 5.15. The van der Waals surface area contributed by atoms with Crippen molar-refractivity contribution in [3.05, 3.63) is 39.7 Å². The molecule has 0 radical (unpaired) electrons. The van der Waals surface area contributed by atoms with Gasteiger partial charge in [-0.1, -0.05) is 27.2 Å². The van der Waals surface area contributed by atoms with Crippen molar-refractivity contribution < 1.29 is 23.5 Å². The zero-order chi connectivity index (χ0) is 21.7. The summed E-state index contributed by atoms with van der Waals surface area (Å²) in [7, 11) is 1.29. The second kappa shape index (κ2) is 9.58. The van der Waals surface area contributed by atoms with Gasteiger partial charge in [-0.05, 0) is 43.4 Å². The van der Waals surface area contributed by atoms with Crippen molar-refractivity contribution in [2.75, 3.05) is 7.11 Å². The summed E-state index contributed by atoms with van der Waals surface area (Å²) in [5, 5.41) is 3.55. The first-order valence-corrected chi connectivity index (χ1v) is 9.83. The number of esters is 1. The molecule has 7 heteroatoms. The van der Waals surface area contributed by atoms with E-state index in [1.165, 1.54) is 13.2 Å². The molecule has 3 unspecified atom stereocenters. The summed E-state index contributed by atoms with van der Waals surface area (Å²) < 4.78 is 16.0. The van der Waals surface area contributed by atoms with Gasteiger partial charge in [-0.3, -0.25) is 4.79 Å².